The van der Waals surface area contributed by atoms with Crippen molar-refractivity contribution >= 4 is 50.2 Å². The fourth-order valence-corrected chi connectivity index (χ4v) is 2.69. The van der Waals surface area contributed by atoms with Gasteiger partial charge in [-0.1, -0.05) is 0 Å². The standard InChI is InChI=1S/C9H6BrNOS2/c10-8-3-6(4-14-8)9(12)11-7-1-2-13-5-7/h1-5H,(H,11,12). The van der Waals surface area contributed by atoms with Crippen molar-refractivity contribution in [1.29, 1.82) is 0 Å². The second-order valence-electron chi connectivity index (χ2n) is 2.61. The molecule has 2 rings (SSSR count). The number of carbonyl (C=O) groups excluding carboxylic acids is 1. The largest absolute Gasteiger partial charge is 0.321 e. The maximum Gasteiger partial charge on any atom is 0.256 e. The van der Waals surface area contributed by atoms with Crippen molar-refractivity contribution in [1.82, 2.24) is 0 Å². The van der Waals surface area contributed by atoms with E-state index in [-0.39, 0.29) is 5.91 Å². The number of hydrogen-bond donors (Lipinski definition) is 1. The smallest absolute Gasteiger partial charge is 0.256 e. The maximum atomic E-state index is 11.6. The minimum absolute atomic E-state index is 0.0645. The van der Waals surface area contributed by atoms with Crippen LogP contribution in [-0.2, 0) is 0 Å². The summed E-state index contributed by atoms with van der Waals surface area (Å²) < 4.78 is 0.966. The summed E-state index contributed by atoms with van der Waals surface area (Å²) in [5, 5.41) is 8.47. The normalized spacial score (nSPS) is 10.1. The molecule has 0 bridgehead atoms. The molecule has 2 nitrogen and oxygen atoms in total. The molecule has 5 heteroatoms. The first-order valence-corrected chi connectivity index (χ1v) is 6.45. The van der Waals surface area contributed by atoms with E-state index in [0.29, 0.717) is 5.56 Å². The van der Waals surface area contributed by atoms with Gasteiger partial charge in [-0.3, -0.25) is 4.79 Å². The van der Waals surface area contributed by atoms with Crippen LogP contribution in [0.15, 0.2) is 32.1 Å². The number of thiophene rings is 2. The number of hydrogen-bond acceptors (Lipinski definition) is 3. The van der Waals surface area contributed by atoms with Gasteiger partial charge in [0, 0.05) is 10.8 Å². The van der Waals surface area contributed by atoms with Gasteiger partial charge in [-0.05, 0) is 33.4 Å². The van der Waals surface area contributed by atoms with E-state index in [4.69, 9.17) is 0 Å². The van der Waals surface area contributed by atoms with Crippen molar-refractivity contribution in [3.63, 3.8) is 0 Å². The molecule has 0 radical (unpaired) electrons. The number of carbonyl (C=O) groups is 1. The monoisotopic (exact) mass is 287 g/mol. The Hall–Kier alpha value is -0.650. The van der Waals surface area contributed by atoms with Crippen LogP contribution in [0.25, 0.3) is 0 Å². The third kappa shape index (κ3) is 2.23. The summed E-state index contributed by atoms with van der Waals surface area (Å²) in [6.07, 6.45) is 0. The summed E-state index contributed by atoms with van der Waals surface area (Å²) in [7, 11) is 0. The van der Waals surface area contributed by atoms with Crippen LogP contribution in [-0.4, -0.2) is 5.91 Å². The van der Waals surface area contributed by atoms with E-state index in [9.17, 15) is 4.79 Å². The molecule has 2 aromatic rings. The summed E-state index contributed by atoms with van der Waals surface area (Å²) in [4.78, 5) is 11.6. The average Bonchev–Trinajstić information content (AvgIpc) is 2.75. The molecule has 0 aliphatic carbocycles. The second-order valence-corrected chi connectivity index (χ2v) is 5.68. The first kappa shape index (κ1) is 9.89. The van der Waals surface area contributed by atoms with Gasteiger partial charge in [0.2, 0.25) is 0 Å². The van der Waals surface area contributed by atoms with E-state index in [1.165, 1.54) is 11.3 Å². The Bertz CT molecular complexity index is 435. The highest BCUT2D eigenvalue weighted by atomic mass is 79.9. The molecular formula is C9H6BrNOS2. The zero-order valence-electron chi connectivity index (χ0n) is 6.99. The SMILES string of the molecule is O=C(Nc1ccsc1)c1csc(Br)c1. The molecule has 72 valence electrons. The molecule has 14 heavy (non-hydrogen) atoms. The van der Waals surface area contributed by atoms with Crippen LogP contribution in [0.5, 0.6) is 0 Å². The van der Waals surface area contributed by atoms with Gasteiger partial charge in [-0.15, -0.1) is 11.3 Å². The molecule has 2 aromatic heterocycles. The van der Waals surface area contributed by atoms with Crippen molar-refractivity contribution in [2.45, 2.75) is 0 Å². The van der Waals surface area contributed by atoms with Crippen molar-refractivity contribution in [2.24, 2.45) is 0 Å². The van der Waals surface area contributed by atoms with Gasteiger partial charge in [-0.25, -0.2) is 0 Å². The predicted molar refractivity (Wildman–Crippen MR) is 64.3 cm³/mol. The minimum Gasteiger partial charge on any atom is -0.321 e. The predicted octanol–water partition coefficient (Wildman–Crippen LogP) is 3.82. The zero-order valence-corrected chi connectivity index (χ0v) is 10.2. The Balaban J connectivity index is 2.10. The van der Waals surface area contributed by atoms with Crippen LogP contribution in [0.3, 0.4) is 0 Å². The van der Waals surface area contributed by atoms with Crippen molar-refractivity contribution in [2.75, 3.05) is 5.32 Å². The highest BCUT2D eigenvalue weighted by Gasteiger charge is 2.07. The van der Waals surface area contributed by atoms with Gasteiger partial charge in [0.15, 0.2) is 0 Å². The Morgan fingerprint density at radius 1 is 1.43 bits per heavy atom. The number of amides is 1. The van der Waals surface area contributed by atoms with E-state index in [1.807, 2.05) is 28.3 Å². The topological polar surface area (TPSA) is 29.1 Å². The molecule has 0 fully saturated rings. The molecule has 0 unspecified atom stereocenters. The number of anilines is 1. The van der Waals surface area contributed by atoms with Gasteiger partial charge in [0.1, 0.15) is 0 Å². The van der Waals surface area contributed by atoms with E-state index in [0.717, 1.165) is 9.47 Å². The summed E-state index contributed by atoms with van der Waals surface area (Å²) in [5.41, 5.74) is 1.54. The van der Waals surface area contributed by atoms with Crippen LogP contribution >= 0.6 is 38.6 Å². The Morgan fingerprint density at radius 2 is 2.29 bits per heavy atom. The fourth-order valence-electron chi connectivity index (χ4n) is 0.968. The number of halogens is 1. The van der Waals surface area contributed by atoms with Gasteiger partial charge in [0.05, 0.1) is 15.0 Å². The third-order valence-electron chi connectivity index (χ3n) is 1.61. The lowest BCUT2D eigenvalue weighted by molar-refractivity contribution is 0.102. The zero-order chi connectivity index (χ0) is 9.97. The Morgan fingerprint density at radius 3 is 2.86 bits per heavy atom. The first-order valence-electron chi connectivity index (χ1n) is 3.83. The molecule has 0 atom stereocenters. The van der Waals surface area contributed by atoms with Crippen LogP contribution in [0.4, 0.5) is 5.69 Å². The van der Waals surface area contributed by atoms with E-state index in [1.54, 1.807) is 11.3 Å². The lowest BCUT2D eigenvalue weighted by atomic mass is 10.3. The Kier molecular flexibility index (Phi) is 3.00. The molecule has 1 amide bonds. The quantitative estimate of drug-likeness (QED) is 0.894. The summed E-state index contributed by atoms with van der Waals surface area (Å²) in [6.45, 7) is 0. The Labute approximate surface area is 97.7 Å². The van der Waals surface area contributed by atoms with Crippen LogP contribution in [0.1, 0.15) is 10.4 Å². The van der Waals surface area contributed by atoms with Crippen molar-refractivity contribution in [3.05, 3.63) is 37.6 Å². The summed E-state index contributed by atoms with van der Waals surface area (Å²) >= 11 is 6.38. The third-order valence-corrected chi connectivity index (χ3v) is 3.80. The van der Waals surface area contributed by atoms with Gasteiger partial charge in [0.25, 0.3) is 5.91 Å². The van der Waals surface area contributed by atoms with Crippen molar-refractivity contribution < 1.29 is 4.79 Å². The maximum absolute atomic E-state index is 11.6. The molecule has 0 saturated heterocycles. The van der Waals surface area contributed by atoms with Crippen molar-refractivity contribution in [3.8, 4) is 0 Å². The molecule has 2 heterocycles. The molecular weight excluding hydrogens is 282 g/mol. The van der Waals surface area contributed by atoms with E-state index >= 15 is 0 Å². The number of nitrogens with one attached hydrogen (secondary N) is 1. The fraction of sp³-hybridized carbons (Fsp3) is 0. The molecule has 0 aliphatic rings. The van der Waals surface area contributed by atoms with Crippen LogP contribution < -0.4 is 5.32 Å². The summed E-state index contributed by atoms with van der Waals surface area (Å²) in [5.74, 6) is -0.0645. The number of rotatable bonds is 2. The molecule has 0 saturated carbocycles. The minimum atomic E-state index is -0.0645. The summed E-state index contributed by atoms with van der Waals surface area (Å²) in [6, 6.07) is 3.69. The molecule has 0 aliphatic heterocycles. The highest BCUT2D eigenvalue weighted by molar-refractivity contribution is 9.11. The van der Waals surface area contributed by atoms with E-state index < -0.39 is 0 Å². The van der Waals surface area contributed by atoms with Gasteiger partial charge < -0.3 is 5.32 Å². The molecule has 1 N–H and O–H groups in total. The second kappa shape index (κ2) is 4.25. The molecule has 0 aromatic carbocycles. The lowest BCUT2D eigenvalue weighted by Gasteiger charge is -1.98. The highest BCUT2D eigenvalue weighted by Crippen LogP contribution is 2.21. The van der Waals surface area contributed by atoms with E-state index in [2.05, 4.69) is 21.2 Å². The van der Waals surface area contributed by atoms with Crippen LogP contribution in [0, 0.1) is 0 Å². The van der Waals surface area contributed by atoms with Gasteiger partial charge >= 0.3 is 0 Å². The molecule has 0 spiro atoms. The first-order chi connectivity index (χ1) is 6.75. The van der Waals surface area contributed by atoms with Crippen LogP contribution in [0.2, 0.25) is 0 Å². The van der Waals surface area contributed by atoms with Gasteiger partial charge in [-0.2, -0.15) is 11.3 Å². The lowest BCUT2D eigenvalue weighted by Crippen LogP contribution is -2.09. The average molecular weight is 288 g/mol.